The Labute approximate surface area is 207 Å². The van der Waals surface area contributed by atoms with Crippen molar-refractivity contribution in [2.45, 2.75) is 142 Å². The highest BCUT2D eigenvalue weighted by Gasteiger charge is 2.00. The predicted molar refractivity (Wildman–Crippen MR) is 145 cm³/mol. The van der Waals surface area contributed by atoms with Gasteiger partial charge in [-0.15, -0.1) is 0 Å². The van der Waals surface area contributed by atoms with Crippen molar-refractivity contribution in [3.63, 3.8) is 0 Å². The number of unbranched alkanes of at least 4 members (excludes halogenated alkanes) is 18. The van der Waals surface area contributed by atoms with Crippen LogP contribution in [-0.2, 0) is 14.2 Å². The van der Waals surface area contributed by atoms with E-state index in [1.807, 2.05) is 0 Å². The molecule has 3 nitrogen and oxygen atoms in total. The Morgan fingerprint density at radius 3 is 1.00 bits per heavy atom. The highest BCUT2D eigenvalue weighted by atomic mass is 16.5. The first-order chi connectivity index (χ1) is 16.2. The van der Waals surface area contributed by atoms with Gasteiger partial charge in [0.15, 0.2) is 0 Å². The minimum atomic E-state index is 0.415. The second-order valence-corrected chi connectivity index (χ2v) is 9.63. The van der Waals surface area contributed by atoms with Crippen molar-refractivity contribution < 1.29 is 14.2 Å². The molecule has 0 rings (SSSR count). The van der Waals surface area contributed by atoms with Gasteiger partial charge in [0.1, 0.15) is 24.7 Å². The van der Waals surface area contributed by atoms with Gasteiger partial charge in [-0.2, -0.15) is 0 Å². The molecule has 0 fully saturated rings. The van der Waals surface area contributed by atoms with Gasteiger partial charge < -0.3 is 14.2 Å². The van der Waals surface area contributed by atoms with Crippen molar-refractivity contribution >= 4 is 0 Å². The lowest BCUT2D eigenvalue weighted by atomic mass is 10.1. The van der Waals surface area contributed by atoms with E-state index in [-0.39, 0.29) is 0 Å². The largest absolute Gasteiger partial charge is 0.496 e. The maximum Gasteiger partial charge on any atom is 0.114 e. The zero-order valence-electron chi connectivity index (χ0n) is 22.6. The van der Waals surface area contributed by atoms with Gasteiger partial charge in [-0.05, 0) is 12.8 Å². The van der Waals surface area contributed by atoms with E-state index in [0.29, 0.717) is 24.7 Å². The van der Waals surface area contributed by atoms with Gasteiger partial charge in [0.05, 0.1) is 13.2 Å². The molecule has 0 saturated heterocycles. The third-order valence-corrected chi connectivity index (χ3v) is 6.13. The second-order valence-electron chi connectivity index (χ2n) is 9.63. The van der Waals surface area contributed by atoms with E-state index in [1.165, 1.54) is 116 Å². The molecule has 0 aromatic carbocycles. The highest BCUT2D eigenvalue weighted by molar-refractivity contribution is 4.86. The van der Waals surface area contributed by atoms with E-state index < -0.39 is 0 Å². The summed E-state index contributed by atoms with van der Waals surface area (Å²) in [5.74, 6) is 1.40. The lowest BCUT2D eigenvalue weighted by Gasteiger charge is -2.12. The number of ether oxygens (including phenoxy) is 3. The molecule has 196 valence electrons. The summed E-state index contributed by atoms with van der Waals surface area (Å²) in [5, 5.41) is 0. The Morgan fingerprint density at radius 2 is 0.697 bits per heavy atom. The molecule has 33 heavy (non-hydrogen) atoms. The van der Waals surface area contributed by atoms with Crippen molar-refractivity contribution in [3.05, 3.63) is 24.7 Å². The van der Waals surface area contributed by atoms with Crippen molar-refractivity contribution in [1.82, 2.24) is 0 Å². The smallest absolute Gasteiger partial charge is 0.114 e. The standard InChI is InChI=1S/C30H58O3/c1-5-7-9-11-13-15-17-19-21-23-25-32-29(3)27-31-28-30(4)33-26-24-22-20-18-16-14-12-10-8-6-2/h3-28H2,1-2H3. The molecule has 0 saturated carbocycles. The molecule has 3 heteroatoms. The fourth-order valence-electron chi connectivity index (χ4n) is 3.97. The summed E-state index contributed by atoms with van der Waals surface area (Å²) in [5.41, 5.74) is 0. The van der Waals surface area contributed by atoms with E-state index in [0.717, 1.165) is 26.1 Å². The van der Waals surface area contributed by atoms with Crippen molar-refractivity contribution in [2.24, 2.45) is 0 Å². The number of hydrogen-bond donors (Lipinski definition) is 0. The normalized spacial score (nSPS) is 11.0. The maximum absolute atomic E-state index is 5.68. The molecule has 0 radical (unpaired) electrons. The highest BCUT2D eigenvalue weighted by Crippen LogP contribution is 2.12. The summed E-state index contributed by atoms with van der Waals surface area (Å²) >= 11 is 0. The van der Waals surface area contributed by atoms with Crippen LogP contribution in [0, 0.1) is 0 Å². The molecule has 0 aliphatic rings. The average molecular weight is 467 g/mol. The van der Waals surface area contributed by atoms with E-state index >= 15 is 0 Å². The second kappa shape index (κ2) is 27.3. The SMILES string of the molecule is C=C(COCC(=C)OCCCCCCCCCCCC)OCCCCCCCCCCCC. The Balaban J connectivity index is 3.29. The van der Waals surface area contributed by atoms with Gasteiger partial charge in [0.25, 0.3) is 0 Å². The quantitative estimate of drug-likeness (QED) is 0.0848. The van der Waals surface area contributed by atoms with Gasteiger partial charge in [0, 0.05) is 0 Å². The molecule has 0 aromatic heterocycles. The van der Waals surface area contributed by atoms with E-state index in [2.05, 4.69) is 27.0 Å². The molecule has 0 amide bonds. The van der Waals surface area contributed by atoms with Gasteiger partial charge in [-0.1, -0.05) is 143 Å². The lowest BCUT2D eigenvalue weighted by Crippen LogP contribution is -2.07. The van der Waals surface area contributed by atoms with Gasteiger partial charge in [0.2, 0.25) is 0 Å². The summed E-state index contributed by atoms with van der Waals surface area (Å²) in [7, 11) is 0. The molecule has 0 atom stereocenters. The van der Waals surface area contributed by atoms with Crippen LogP contribution in [0.15, 0.2) is 24.7 Å². The molecule has 0 N–H and O–H groups in total. The van der Waals surface area contributed by atoms with Crippen molar-refractivity contribution in [1.29, 1.82) is 0 Å². The molecule has 0 aromatic rings. The van der Waals surface area contributed by atoms with Crippen LogP contribution in [0.3, 0.4) is 0 Å². The van der Waals surface area contributed by atoms with Gasteiger partial charge >= 0.3 is 0 Å². The summed E-state index contributed by atoms with van der Waals surface area (Å²) in [4.78, 5) is 0. The molecular formula is C30H58O3. The number of rotatable bonds is 28. The van der Waals surface area contributed by atoms with Crippen molar-refractivity contribution in [2.75, 3.05) is 26.4 Å². The average Bonchev–Trinajstić information content (AvgIpc) is 2.81. The van der Waals surface area contributed by atoms with Crippen LogP contribution in [0.5, 0.6) is 0 Å². The van der Waals surface area contributed by atoms with Crippen LogP contribution in [0.2, 0.25) is 0 Å². The maximum atomic E-state index is 5.68. The first-order valence-electron chi connectivity index (χ1n) is 14.4. The van der Waals surface area contributed by atoms with E-state index in [9.17, 15) is 0 Å². The van der Waals surface area contributed by atoms with E-state index in [4.69, 9.17) is 14.2 Å². The van der Waals surface area contributed by atoms with Crippen LogP contribution in [0.25, 0.3) is 0 Å². The van der Waals surface area contributed by atoms with Crippen LogP contribution < -0.4 is 0 Å². The summed E-state index contributed by atoms with van der Waals surface area (Å²) in [6, 6.07) is 0. The molecule has 0 bridgehead atoms. The van der Waals surface area contributed by atoms with Crippen LogP contribution in [0.1, 0.15) is 142 Å². The minimum absolute atomic E-state index is 0.415. The van der Waals surface area contributed by atoms with Crippen LogP contribution in [0.4, 0.5) is 0 Å². The predicted octanol–water partition coefficient (Wildman–Crippen LogP) is 9.91. The number of hydrogen-bond acceptors (Lipinski definition) is 3. The van der Waals surface area contributed by atoms with E-state index in [1.54, 1.807) is 0 Å². The molecule has 0 spiro atoms. The van der Waals surface area contributed by atoms with Crippen LogP contribution in [-0.4, -0.2) is 26.4 Å². The topological polar surface area (TPSA) is 27.7 Å². The molecule has 0 heterocycles. The summed E-state index contributed by atoms with van der Waals surface area (Å²) in [6.45, 7) is 14.8. The van der Waals surface area contributed by atoms with Gasteiger partial charge in [-0.3, -0.25) is 0 Å². The third kappa shape index (κ3) is 27.2. The molecular weight excluding hydrogens is 408 g/mol. The third-order valence-electron chi connectivity index (χ3n) is 6.13. The zero-order valence-corrected chi connectivity index (χ0v) is 22.6. The molecule has 0 aliphatic heterocycles. The summed E-state index contributed by atoms with van der Waals surface area (Å²) in [6.07, 6.45) is 26.7. The first kappa shape index (κ1) is 32.0. The zero-order chi connectivity index (χ0) is 24.2. The Kier molecular flexibility index (Phi) is 26.5. The summed E-state index contributed by atoms with van der Waals surface area (Å²) < 4.78 is 17.0. The molecule has 0 aliphatic carbocycles. The Morgan fingerprint density at radius 1 is 0.424 bits per heavy atom. The Hall–Kier alpha value is -0.960. The van der Waals surface area contributed by atoms with Crippen molar-refractivity contribution in [3.8, 4) is 0 Å². The first-order valence-corrected chi connectivity index (χ1v) is 14.4. The fraction of sp³-hybridized carbons (Fsp3) is 0.867. The lowest BCUT2D eigenvalue weighted by molar-refractivity contribution is 0.0780. The van der Waals surface area contributed by atoms with Crippen LogP contribution >= 0.6 is 0 Å². The Bertz CT molecular complexity index is 381. The monoisotopic (exact) mass is 466 g/mol. The van der Waals surface area contributed by atoms with Gasteiger partial charge in [-0.25, -0.2) is 0 Å². The minimum Gasteiger partial charge on any atom is -0.496 e. The fourth-order valence-corrected chi connectivity index (χ4v) is 3.97. The molecule has 0 unspecified atom stereocenters.